The Kier molecular flexibility index (Phi) is 7.10. The lowest BCUT2D eigenvalue weighted by Crippen LogP contribution is -2.47. The predicted molar refractivity (Wildman–Crippen MR) is 99.7 cm³/mol. The van der Waals surface area contributed by atoms with Gasteiger partial charge in [0.15, 0.2) is 0 Å². The van der Waals surface area contributed by atoms with Crippen LogP contribution in [0.5, 0.6) is 5.75 Å². The molecule has 0 saturated carbocycles. The molecule has 1 fully saturated rings. The van der Waals surface area contributed by atoms with E-state index in [1.807, 2.05) is 36.1 Å². The van der Waals surface area contributed by atoms with Crippen molar-refractivity contribution in [2.24, 2.45) is 5.92 Å². The summed E-state index contributed by atoms with van der Waals surface area (Å²) < 4.78 is 5.23. The average molecular weight is 332 g/mol. The monoisotopic (exact) mass is 332 g/mol. The van der Waals surface area contributed by atoms with Gasteiger partial charge < -0.3 is 14.5 Å². The van der Waals surface area contributed by atoms with Crippen LogP contribution < -0.4 is 9.64 Å². The van der Waals surface area contributed by atoms with Gasteiger partial charge in [-0.3, -0.25) is 4.79 Å². The quantitative estimate of drug-likeness (QED) is 0.758. The molecule has 1 aromatic rings. The number of likely N-dealkylation sites (tertiary alicyclic amines) is 1. The molecule has 24 heavy (non-hydrogen) atoms. The minimum Gasteiger partial charge on any atom is -0.497 e. The Bertz CT molecular complexity index is 505. The summed E-state index contributed by atoms with van der Waals surface area (Å²) in [5, 5.41) is 0. The zero-order valence-electron chi connectivity index (χ0n) is 15.6. The largest absolute Gasteiger partial charge is 0.497 e. The maximum absolute atomic E-state index is 12.5. The highest BCUT2D eigenvalue weighted by molar-refractivity contribution is 5.93. The number of carbonyl (C=O) groups excluding carboxylic acids is 1. The maximum Gasteiger partial charge on any atom is 0.226 e. The minimum atomic E-state index is 0.209. The number of amides is 1. The lowest BCUT2D eigenvalue weighted by atomic mass is 10.0. The van der Waals surface area contributed by atoms with Crippen LogP contribution in [0.25, 0.3) is 0 Å². The molecule has 1 aliphatic rings. The first-order valence-corrected chi connectivity index (χ1v) is 9.23. The van der Waals surface area contributed by atoms with Gasteiger partial charge in [-0.1, -0.05) is 20.8 Å². The van der Waals surface area contributed by atoms with Crippen molar-refractivity contribution in [2.75, 3.05) is 31.6 Å². The van der Waals surface area contributed by atoms with Gasteiger partial charge in [-0.05, 0) is 56.0 Å². The molecule has 0 atom stereocenters. The average Bonchev–Trinajstić information content (AvgIpc) is 2.61. The molecule has 0 aromatic heterocycles. The van der Waals surface area contributed by atoms with Gasteiger partial charge in [0, 0.05) is 31.2 Å². The van der Waals surface area contributed by atoms with Gasteiger partial charge in [-0.25, -0.2) is 0 Å². The number of piperidine rings is 1. The van der Waals surface area contributed by atoms with Crippen LogP contribution in [0.15, 0.2) is 24.3 Å². The van der Waals surface area contributed by atoms with Crippen molar-refractivity contribution in [1.29, 1.82) is 0 Å². The predicted octanol–water partition coefficient (Wildman–Crippen LogP) is 3.95. The first kappa shape index (κ1) is 18.8. The Morgan fingerprint density at radius 2 is 1.88 bits per heavy atom. The highest BCUT2D eigenvalue weighted by Crippen LogP contribution is 2.26. The van der Waals surface area contributed by atoms with Gasteiger partial charge in [0.2, 0.25) is 5.91 Å². The van der Waals surface area contributed by atoms with Crippen molar-refractivity contribution in [3.05, 3.63) is 24.3 Å². The van der Waals surface area contributed by atoms with Crippen molar-refractivity contribution in [1.82, 2.24) is 4.90 Å². The highest BCUT2D eigenvalue weighted by atomic mass is 16.5. The van der Waals surface area contributed by atoms with Gasteiger partial charge in [-0.2, -0.15) is 0 Å². The van der Waals surface area contributed by atoms with E-state index in [0.29, 0.717) is 12.5 Å². The normalized spacial score (nSPS) is 16.4. The van der Waals surface area contributed by atoms with Crippen LogP contribution >= 0.6 is 0 Å². The Balaban J connectivity index is 2.02. The number of rotatable bonds is 7. The van der Waals surface area contributed by atoms with E-state index in [-0.39, 0.29) is 5.91 Å². The van der Waals surface area contributed by atoms with Gasteiger partial charge >= 0.3 is 0 Å². The van der Waals surface area contributed by atoms with E-state index in [1.54, 1.807) is 7.11 Å². The lowest BCUT2D eigenvalue weighted by molar-refractivity contribution is -0.119. The summed E-state index contributed by atoms with van der Waals surface area (Å²) in [5.41, 5.74) is 0.989. The summed E-state index contributed by atoms with van der Waals surface area (Å²) >= 11 is 0. The van der Waals surface area contributed by atoms with Crippen LogP contribution in [-0.2, 0) is 4.79 Å². The second-order valence-electron chi connectivity index (χ2n) is 7.07. The molecule has 4 heteroatoms. The van der Waals surface area contributed by atoms with Crippen LogP contribution in [0.2, 0.25) is 0 Å². The SMILES string of the molecule is CCC(=O)N(c1ccc(OC)cc1)C1CCN(CCC(C)C)CC1. The molecule has 0 unspecified atom stereocenters. The van der Waals surface area contributed by atoms with E-state index in [1.165, 1.54) is 13.0 Å². The van der Waals surface area contributed by atoms with Crippen molar-refractivity contribution < 1.29 is 9.53 Å². The second kappa shape index (κ2) is 9.07. The molecular weight excluding hydrogens is 300 g/mol. The van der Waals surface area contributed by atoms with E-state index in [0.717, 1.165) is 43.3 Å². The molecule has 0 N–H and O–H groups in total. The zero-order valence-corrected chi connectivity index (χ0v) is 15.6. The van der Waals surface area contributed by atoms with Gasteiger partial charge in [0.1, 0.15) is 5.75 Å². The first-order valence-electron chi connectivity index (χ1n) is 9.23. The smallest absolute Gasteiger partial charge is 0.226 e. The third-order valence-electron chi connectivity index (χ3n) is 4.87. The molecule has 1 saturated heterocycles. The number of hydrogen-bond donors (Lipinski definition) is 0. The third-order valence-corrected chi connectivity index (χ3v) is 4.87. The van der Waals surface area contributed by atoms with E-state index in [9.17, 15) is 4.79 Å². The summed E-state index contributed by atoms with van der Waals surface area (Å²) in [6.07, 6.45) is 3.89. The fourth-order valence-corrected chi connectivity index (χ4v) is 3.31. The molecule has 1 aromatic carbocycles. The Morgan fingerprint density at radius 1 is 1.25 bits per heavy atom. The minimum absolute atomic E-state index is 0.209. The molecule has 0 spiro atoms. The van der Waals surface area contributed by atoms with Gasteiger partial charge in [0.05, 0.1) is 7.11 Å². The number of anilines is 1. The fourth-order valence-electron chi connectivity index (χ4n) is 3.31. The van der Waals surface area contributed by atoms with E-state index < -0.39 is 0 Å². The molecule has 2 rings (SSSR count). The van der Waals surface area contributed by atoms with E-state index in [4.69, 9.17) is 4.74 Å². The summed E-state index contributed by atoms with van der Waals surface area (Å²) in [7, 11) is 1.66. The van der Waals surface area contributed by atoms with Gasteiger partial charge in [-0.15, -0.1) is 0 Å². The molecular formula is C20H32N2O2. The summed E-state index contributed by atoms with van der Waals surface area (Å²) in [6, 6.07) is 8.17. The summed E-state index contributed by atoms with van der Waals surface area (Å²) in [5.74, 6) is 1.78. The maximum atomic E-state index is 12.5. The van der Waals surface area contributed by atoms with E-state index in [2.05, 4.69) is 18.7 Å². The molecule has 0 bridgehead atoms. The standard InChI is InChI=1S/C20H32N2O2/c1-5-20(23)22(17-6-8-19(24-4)9-7-17)18-11-14-21(15-12-18)13-10-16(2)3/h6-9,16,18H,5,10-15H2,1-4H3. The number of benzene rings is 1. The number of methoxy groups -OCH3 is 1. The first-order chi connectivity index (χ1) is 11.5. The summed E-state index contributed by atoms with van der Waals surface area (Å²) in [6.45, 7) is 9.84. The van der Waals surface area contributed by atoms with Crippen LogP contribution in [0, 0.1) is 5.92 Å². The number of nitrogens with zero attached hydrogens (tertiary/aromatic N) is 2. The van der Waals surface area contributed by atoms with E-state index >= 15 is 0 Å². The molecule has 134 valence electrons. The number of ether oxygens (including phenoxy) is 1. The number of carbonyl (C=O) groups is 1. The van der Waals surface area contributed by atoms with Crippen molar-refractivity contribution in [3.63, 3.8) is 0 Å². The molecule has 0 radical (unpaired) electrons. The van der Waals surface area contributed by atoms with Crippen LogP contribution in [0.4, 0.5) is 5.69 Å². The number of hydrogen-bond acceptors (Lipinski definition) is 3. The van der Waals surface area contributed by atoms with Crippen molar-refractivity contribution >= 4 is 11.6 Å². The Morgan fingerprint density at radius 3 is 2.38 bits per heavy atom. The Labute approximate surface area is 146 Å². The Hall–Kier alpha value is -1.55. The summed E-state index contributed by atoms with van der Waals surface area (Å²) in [4.78, 5) is 17.1. The zero-order chi connectivity index (χ0) is 17.5. The van der Waals surface area contributed by atoms with Crippen LogP contribution in [0.1, 0.15) is 46.5 Å². The molecule has 0 aliphatic carbocycles. The van der Waals surface area contributed by atoms with Crippen LogP contribution in [-0.4, -0.2) is 43.6 Å². The van der Waals surface area contributed by atoms with Crippen LogP contribution in [0.3, 0.4) is 0 Å². The topological polar surface area (TPSA) is 32.8 Å². The van der Waals surface area contributed by atoms with Gasteiger partial charge in [0.25, 0.3) is 0 Å². The van der Waals surface area contributed by atoms with Crippen molar-refractivity contribution in [2.45, 2.75) is 52.5 Å². The highest BCUT2D eigenvalue weighted by Gasteiger charge is 2.28. The van der Waals surface area contributed by atoms with Crippen molar-refractivity contribution in [3.8, 4) is 5.75 Å². The molecule has 4 nitrogen and oxygen atoms in total. The molecule has 1 aliphatic heterocycles. The second-order valence-corrected chi connectivity index (χ2v) is 7.07. The molecule has 1 amide bonds. The third kappa shape index (κ3) is 4.97. The fraction of sp³-hybridized carbons (Fsp3) is 0.650. The lowest BCUT2D eigenvalue weighted by Gasteiger charge is -2.38. The molecule has 1 heterocycles.